The monoisotopic (exact) mass is 367 g/mol. The van der Waals surface area contributed by atoms with Gasteiger partial charge in [-0.2, -0.15) is 0 Å². The van der Waals surface area contributed by atoms with Crippen molar-refractivity contribution in [3.63, 3.8) is 0 Å². The highest BCUT2D eigenvalue weighted by Crippen LogP contribution is 2.18. The van der Waals surface area contributed by atoms with Crippen LogP contribution < -0.4 is 5.32 Å². The van der Waals surface area contributed by atoms with Crippen LogP contribution in [0.5, 0.6) is 0 Å². The normalized spacial score (nSPS) is 21.0. The predicted molar refractivity (Wildman–Crippen MR) is 89.7 cm³/mol. The predicted octanol–water partition coefficient (Wildman–Crippen LogP) is 1.43. The lowest BCUT2D eigenvalue weighted by molar-refractivity contribution is -0.134. The molecule has 8 heteroatoms. The molecule has 2 fully saturated rings. The molecule has 2 aliphatic heterocycles. The minimum atomic E-state index is -0.611. The van der Waals surface area contributed by atoms with Gasteiger partial charge in [-0.25, -0.2) is 4.39 Å². The topological polar surface area (TPSA) is 69.7 Å². The Morgan fingerprint density at radius 3 is 2.60 bits per heavy atom. The summed E-state index contributed by atoms with van der Waals surface area (Å²) in [6.07, 6.45) is 1.47. The lowest BCUT2D eigenvalue weighted by atomic mass is 10.2. The summed E-state index contributed by atoms with van der Waals surface area (Å²) in [5, 5.41) is 2.97. The Kier molecular flexibility index (Phi) is 5.22. The van der Waals surface area contributed by atoms with Gasteiger partial charge in [0, 0.05) is 37.6 Å². The maximum atomic E-state index is 13.9. The number of amides is 3. The second-order valence-corrected chi connectivity index (χ2v) is 6.69. The number of carbonyl (C=O) groups is 3. The van der Waals surface area contributed by atoms with Gasteiger partial charge in [0.1, 0.15) is 11.9 Å². The summed E-state index contributed by atoms with van der Waals surface area (Å²) in [5.41, 5.74) is -0.0599. The third-order valence-electron chi connectivity index (χ3n) is 4.55. The van der Waals surface area contributed by atoms with Gasteiger partial charge in [-0.05, 0) is 31.0 Å². The average molecular weight is 368 g/mol. The lowest BCUT2D eigenvalue weighted by Gasteiger charge is -2.24. The van der Waals surface area contributed by atoms with E-state index in [0.29, 0.717) is 50.5 Å². The van der Waals surface area contributed by atoms with Gasteiger partial charge in [0.15, 0.2) is 0 Å². The van der Waals surface area contributed by atoms with E-state index >= 15 is 0 Å². The van der Waals surface area contributed by atoms with Crippen molar-refractivity contribution in [2.45, 2.75) is 25.3 Å². The fourth-order valence-corrected chi connectivity index (χ4v) is 3.36. The van der Waals surface area contributed by atoms with Crippen LogP contribution in [0.2, 0.25) is 5.02 Å². The molecule has 2 saturated heterocycles. The maximum Gasteiger partial charge on any atom is 0.256 e. The SMILES string of the molecule is O=C1CCC(C(=O)N2CCCN(C(=O)c3cc(Cl)ccc3F)CC2)N1. The fraction of sp³-hybridized carbons (Fsp3) is 0.471. The molecule has 2 heterocycles. The van der Waals surface area contributed by atoms with Gasteiger partial charge >= 0.3 is 0 Å². The van der Waals surface area contributed by atoms with Crippen LogP contribution in [-0.4, -0.2) is 59.7 Å². The van der Waals surface area contributed by atoms with E-state index in [2.05, 4.69) is 5.32 Å². The molecule has 0 aromatic heterocycles. The van der Waals surface area contributed by atoms with Crippen LogP contribution in [-0.2, 0) is 9.59 Å². The second-order valence-electron chi connectivity index (χ2n) is 6.25. The van der Waals surface area contributed by atoms with Gasteiger partial charge in [-0.15, -0.1) is 0 Å². The van der Waals surface area contributed by atoms with Crippen LogP contribution in [0.1, 0.15) is 29.6 Å². The Hall–Kier alpha value is -2.15. The van der Waals surface area contributed by atoms with E-state index in [1.54, 1.807) is 4.90 Å². The van der Waals surface area contributed by atoms with Gasteiger partial charge in [-0.3, -0.25) is 14.4 Å². The van der Waals surface area contributed by atoms with E-state index < -0.39 is 17.8 Å². The molecule has 0 bridgehead atoms. The second kappa shape index (κ2) is 7.39. The largest absolute Gasteiger partial charge is 0.344 e. The molecule has 1 aromatic carbocycles. The Morgan fingerprint density at radius 1 is 1.16 bits per heavy atom. The number of hydrogen-bond acceptors (Lipinski definition) is 3. The molecule has 2 aliphatic rings. The minimum Gasteiger partial charge on any atom is -0.344 e. The maximum absolute atomic E-state index is 13.9. The summed E-state index contributed by atoms with van der Waals surface area (Å²) in [6.45, 7) is 1.62. The molecule has 0 aliphatic carbocycles. The van der Waals surface area contributed by atoms with Crippen molar-refractivity contribution < 1.29 is 18.8 Å². The van der Waals surface area contributed by atoms with Crippen molar-refractivity contribution in [2.75, 3.05) is 26.2 Å². The number of rotatable bonds is 2. The molecule has 1 atom stereocenters. The van der Waals surface area contributed by atoms with Crippen LogP contribution in [0.4, 0.5) is 4.39 Å². The van der Waals surface area contributed by atoms with E-state index in [1.165, 1.54) is 23.1 Å². The first-order chi connectivity index (χ1) is 12.0. The van der Waals surface area contributed by atoms with Crippen LogP contribution in [0, 0.1) is 5.82 Å². The summed E-state index contributed by atoms with van der Waals surface area (Å²) >= 11 is 5.86. The minimum absolute atomic E-state index is 0.0599. The van der Waals surface area contributed by atoms with Crippen molar-refractivity contribution in [3.05, 3.63) is 34.6 Å². The van der Waals surface area contributed by atoms with Crippen LogP contribution >= 0.6 is 11.6 Å². The number of carbonyl (C=O) groups excluding carboxylic acids is 3. The summed E-state index contributed by atoms with van der Waals surface area (Å²) in [6, 6.07) is 3.42. The number of hydrogen-bond donors (Lipinski definition) is 1. The summed E-state index contributed by atoms with van der Waals surface area (Å²) in [4.78, 5) is 39.5. The summed E-state index contributed by atoms with van der Waals surface area (Å²) < 4.78 is 13.9. The first kappa shape index (κ1) is 17.7. The molecule has 1 aromatic rings. The zero-order valence-electron chi connectivity index (χ0n) is 13.6. The van der Waals surface area contributed by atoms with E-state index in [0.717, 1.165) is 0 Å². The smallest absolute Gasteiger partial charge is 0.256 e. The Balaban J connectivity index is 1.65. The van der Waals surface area contributed by atoms with Gasteiger partial charge in [0.25, 0.3) is 5.91 Å². The van der Waals surface area contributed by atoms with Crippen LogP contribution in [0.15, 0.2) is 18.2 Å². The third kappa shape index (κ3) is 3.92. The highest BCUT2D eigenvalue weighted by Gasteiger charge is 2.32. The first-order valence-corrected chi connectivity index (χ1v) is 8.66. The zero-order valence-corrected chi connectivity index (χ0v) is 14.4. The van der Waals surface area contributed by atoms with Crippen molar-refractivity contribution in [1.82, 2.24) is 15.1 Å². The Labute approximate surface area is 149 Å². The molecule has 0 radical (unpaired) electrons. The van der Waals surface area contributed by atoms with E-state index in [9.17, 15) is 18.8 Å². The fourth-order valence-electron chi connectivity index (χ4n) is 3.19. The molecular weight excluding hydrogens is 349 g/mol. The van der Waals surface area contributed by atoms with Crippen molar-refractivity contribution in [1.29, 1.82) is 0 Å². The quantitative estimate of drug-likeness (QED) is 0.859. The van der Waals surface area contributed by atoms with E-state index in [4.69, 9.17) is 11.6 Å². The van der Waals surface area contributed by atoms with Gasteiger partial charge in [0.05, 0.1) is 5.56 Å². The van der Waals surface area contributed by atoms with E-state index in [-0.39, 0.29) is 17.4 Å². The van der Waals surface area contributed by atoms with E-state index in [1.807, 2.05) is 0 Å². The molecule has 6 nitrogen and oxygen atoms in total. The van der Waals surface area contributed by atoms with Crippen LogP contribution in [0.3, 0.4) is 0 Å². The van der Waals surface area contributed by atoms with Gasteiger partial charge in [-0.1, -0.05) is 11.6 Å². The average Bonchev–Trinajstić information content (AvgIpc) is 2.88. The lowest BCUT2D eigenvalue weighted by Crippen LogP contribution is -2.46. The summed E-state index contributed by atoms with van der Waals surface area (Å²) in [7, 11) is 0. The molecule has 25 heavy (non-hydrogen) atoms. The van der Waals surface area contributed by atoms with Crippen molar-refractivity contribution >= 4 is 29.3 Å². The zero-order chi connectivity index (χ0) is 18.0. The van der Waals surface area contributed by atoms with Crippen LogP contribution in [0.25, 0.3) is 0 Å². The number of nitrogens with one attached hydrogen (secondary N) is 1. The molecule has 3 rings (SSSR count). The first-order valence-electron chi connectivity index (χ1n) is 8.28. The highest BCUT2D eigenvalue weighted by atomic mass is 35.5. The molecule has 0 spiro atoms. The summed E-state index contributed by atoms with van der Waals surface area (Å²) in [5.74, 6) is -1.26. The van der Waals surface area contributed by atoms with Gasteiger partial charge in [0.2, 0.25) is 11.8 Å². The standard InChI is InChI=1S/C17H19ClFN3O3/c18-11-2-3-13(19)12(10-11)16(24)21-6-1-7-22(9-8-21)17(25)14-4-5-15(23)20-14/h2-3,10,14H,1,4-9H2,(H,20,23). The molecule has 0 saturated carbocycles. The Bertz CT molecular complexity index is 712. The molecule has 134 valence electrons. The van der Waals surface area contributed by atoms with Crippen molar-refractivity contribution in [3.8, 4) is 0 Å². The number of halogens is 2. The van der Waals surface area contributed by atoms with Crippen molar-refractivity contribution in [2.24, 2.45) is 0 Å². The molecule has 1 unspecified atom stereocenters. The van der Waals surface area contributed by atoms with Gasteiger partial charge < -0.3 is 15.1 Å². The number of benzene rings is 1. The molecule has 3 amide bonds. The number of nitrogens with zero attached hydrogens (tertiary/aromatic N) is 2. The Morgan fingerprint density at radius 2 is 1.88 bits per heavy atom. The molecule has 1 N–H and O–H groups in total. The highest BCUT2D eigenvalue weighted by molar-refractivity contribution is 6.31. The molecular formula is C17H19ClFN3O3. The third-order valence-corrected chi connectivity index (χ3v) is 4.78.